The predicted octanol–water partition coefficient (Wildman–Crippen LogP) is 1.22. The number of carbonyl (C=O) groups is 1. The van der Waals surface area contributed by atoms with Crippen molar-refractivity contribution in [1.29, 1.82) is 0 Å². The second-order valence-electron chi connectivity index (χ2n) is 4.37. The van der Waals surface area contributed by atoms with Crippen molar-refractivity contribution in [3.8, 4) is 0 Å². The second-order valence-corrected chi connectivity index (χ2v) is 4.37. The Morgan fingerprint density at radius 1 is 1.38 bits per heavy atom. The summed E-state index contributed by atoms with van der Waals surface area (Å²) in [5.74, 6) is -0.108. The number of nitrogens with one attached hydrogen (secondary N) is 1. The maximum atomic E-state index is 11.1. The first-order chi connectivity index (χ1) is 7.72. The first-order valence-corrected chi connectivity index (χ1v) is 6.29. The molecule has 1 aliphatic carbocycles. The third-order valence-electron chi connectivity index (χ3n) is 2.99. The molecule has 0 aliphatic heterocycles. The van der Waals surface area contributed by atoms with Crippen molar-refractivity contribution in [3.63, 3.8) is 0 Å². The lowest BCUT2D eigenvalue weighted by Crippen LogP contribution is -2.35. The van der Waals surface area contributed by atoms with Crippen molar-refractivity contribution in [1.82, 2.24) is 5.32 Å². The van der Waals surface area contributed by atoms with Gasteiger partial charge in [-0.1, -0.05) is 0 Å². The van der Waals surface area contributed by atoms with Gasteiger partial charge in [0.1, 0.15) is 0 Å². The Labute approximate surface area is 97.4 Å². The van der Waals surface area contributed by atoms with Crippen LogP contribution in [-0.2, 0) is 9.53 Å². The lowest BCUT2D eigenvalue weighted by atomic mass is 9.93. The van der Waals surface area contributed by atoms with Crippen molar-refractivity contribution >= 4 is 5.97 Å². The van der Waals surface area contributed by atoms with Crippen LogP contribution in [0.15, 0.2) is 0 Å². The first-order valence-electron chi connectivity index (χ1n) is 6.29. The van der Waals surface area contributed by atoms with Crippen LogP contribution >= 0.6 is 0 Å². The third kappa shape index (κ3) is 5.47. The fourth-order valence-electron chi connectivity index (χ4n) is 2.05. The highest BCUT2D eigenvalue weighted by atomic mass is 16.5. The zero-order valence-corrected chi connectivity index (χ0v) is 10.1. The molecule has 94 valence electrons. The van der Waals surface area contributed by atoms with Gasteiger partial charge in [0.15, 0.2) is 0 Å². The van der Waals surface area contributed by atoms with Gasteiger partial charge in [0.2, 0.25) is 0 Å². The van der Waals surface area contributed by atoms with E-state index < -0.39 is 0 Å². The summed E-state index contributed by atoms with van der Waals surface area (Å²) < 4.78 is 4.85. The highest BCUT2D eigenvalue weighted by molar-refractivity contribution is 5.69. The van der Waals surface area contributed by atoms with Gasteiger partial charge in [-0.25, -0.2) is 0 Å². The van der Waals surface area contributed by atoms with Gasteiger partial charge in [0.05, 0.1) is 12.7 Å². The molecular weight excluding hydrogens is 206 g/mol. The molecule has 1 rings (SSSR count). The van der Waals surface area contributed by atoms with Crippen LogP contribution in [0.4, 0.5) is 0 Å². The molecule has 0 saturated heterocycles. The van der Waals surface area contributed by atoms with E-state index in [4.69, 9.17) is 4.74 Å². The zero-order valence-electron chi connectivity index (χ0n) is 10.1. The fourth-order valence-corrected chi connectivity index (χ4v) is 2.05. The topological polar surface area (TPSA) is 58.6 Å². The Balaban J connectivity index is 1.97. The smallest absolute Gasteiger partial charge is 0.305 e. The van der Waals surface area contributed by atoms with E-state index >= 15 is 0 Å². The van der Waals surface area contributed by atoms with Crippen molar-refractivity contribution in [3.05, 3.63) is 0 Å². The largest absolute Gasteiger partial charge is 0.466 e. The molecule has 0 heterocycles. The van der Waals surface area contributed by atoms with Gasteiger partial charge in [-0.15, -0.1) is 0 Å². The lowest BCUT2D eigenvalue weighted by molar-refractivity contribution is -0.143. The SMILES string of the molecule is CCOC(=O)CCCNC1CCC(O)CC1. The monoisotopic (exact) mass is 229 g/mol. The lowest BCUT2D eigenvalue weighted by Gasteiger charge is -2.26. The molecule has 1 saturated carbocycles. The third-order valence-corrected chi connectivity index (χ3v) is 2.99. The molecule has 4 heteroatoms. The number of ether oxygens (including phenoxy) is 1. The first kappa shape index (κ1) is 13.5. The summed E-state index contributed by atoms with van der Waals surface area (Å²) >= 11 is 0. The van der Waals surface area contributed by atoms with E-state index in [2.05, 4.69) is 5.32 Å². The van der Waals surface area contributed by atoms with Gasteiger partial charge in [-0.3, -0.25) is 4.79 Å². The van der Waals surface area contributed by atoms with Crippen LogP contribution in [0.25, 0.3) is 0 Å². The van der Waals surface area contributed by atoms with Crippen LogP contribution in [0.5, 0.6) is 0 Å². The highest BCUT2D eigenvalue weighted by Crippen LogP contribution is 2.18. The molecule has 4 nitrogen and oxygen atoms in total. The molecule has 1 aliphatic rings. The molecule has 0 radical (unpaired) electrons. The van der Waals surface area contributed by atoms with Gasteiger partial charge in [-0.2, -0.15) is 0 Å². The number of aliphatic hydroxyl groups is 1. The summed E-state index contributed by atoms with van der Waals surface area (Å²) in [5, 5.41) is 12.8. The molecule has 0 aromatic rings. The van der Waals surface area contributed by atoms with E-state index in [0.717, 1.165) is 38.6 Å². The molecule has 1 fully saturated rings. The summed E-state index contributed by atoms with van der Waals surface area (Å²) in [6, 6.07) is 0.519. The van der Waals surface area contributed by atoms with Crippen molar-refractivity contribution < 1.29 is 14.6 Å². The molecule has 0 aromatic carbocycles. The van der Waals surface area contributed by atoms with E-state index in [9.17, 15) is 9.90 Å². The Morgan fingerprint density at radius 2 is 2.06 bits per heavy atom. The van der Waals surface area contributed by atoms with E-state index in [1.54, 1.807) is 0 Å². The van der Waals surface area contributed by atoms with Gasteiger partial charge < -0.3 is 15.2 Å². The molecule has 0 aromatic heterocycles. The Bertz CT molecular complexity index is 200. The normalized spacial score (nSPS) is 25.4. The number of carbonyl (C=O) groups excluding carboxylic acids is 1. The van der Waals surface area contributed by atoms with E-state index in [1.807, 2.05) is 6.92 Å². The maximum Gasteiger partial charge on any atom is 0.305 e. The molecule has 2 N–H and O–H groups in total. The average Bonchev–Trinajstić information content (AvgIpc) is 2.27. The molecule has 0 unspecified atom stereocenters. The van der Waals surface area contributed by atoms with Gasteiger partial charge in [-0.05, 0) is 45.6 Å². The second kappa shape index (κ2) is 7.63. The summed E-state index contributed by atoms with van der Waals surface area (Å²) in [7, 11) is 0. The number of hydrogen-bond donors (Lipinski definition) is 2. The molecule has 16 heavy (non-hydrogen) atoms. The molecular formula is C12H23NO3. The Kier molecular flexibility index (Phi) is 6.42. The highest BCUT2D eigenvalue weighted by Gasteiger charge is 2.18. The van der Waals surface area contributed by atoms with Crippen molar-refractivity contribution in [2.45, 2.75) is 57.6 Å². The van der Waals surface area contributed by atoms with Crippen LogP contribution in [0.3, 0.4) is 0 Å². The minimum absolute atomic E-state index is 0.0995. The molecule has 0 bridgehead atoms. The van der Waals surface area contributed by atoms with Crippen LogP contribution in [0, 0.1) is 0 Å². The van der Waals surface area contributed by atoms with Crippen LogP contribution in [0.1, 0.15) is 45.4 Å². The fraction of sp³-hybridized carbons (Fsp3) is 0.917. The summed E-state index contributed by atoms with van der Waals surface area (Å²) in [5.41, 5.74) is 0. The van der Waals surface area contributed by atoms with Crippen LogP contribution in [0.2, 0.25) is 0 Å². The predicted molar refractivity (Wildman–Crippen MR) is 62.1 cm³/mol. The summed E-state index contributed by atoms with van der Waals surface area (Å²) in [6.45, 7) is 3.15. The van der Waals surface area contributed by atoms with Crippen molar-refractivity contribution in [2.75, 3.05) is 13.2 Å². The number of aliphatic hydroxyl groups excluding tert-OH is 1. The minimum atomic E-state index is -0.108. The standard InChI is InChI=1S/C12H23NO3/c1-2-16-12(15)4-3-9-13-10-5-7-11(14)8-6-10/h10-11,13-14H,2-9H2,1H3. The average molecular weight is 229 g/mol. The summed E-state index contributed by atoms with van der Waals surface area (Å²) in [6.07, 6.45) is 5.11. The van der Waals surface area contributed by atoms with Gasteiger partial charge in [0, 0.05) is 12.5 Å². The van der Waals surface area contributed by atoms with Crippen LogP contribution in [-0.4, -0.2) is 36.4 Å². The van der Waals surface area contributed by atoms with E-state index in [-0.39, 0.29) is 12.1 Å². The van der Waals surface area contributed by atoms with E-state index in [1.165, 1.54) is 0 Å². The van der Waals surface area contributed by atoms with Crippen molar-refractivity contribution in [2.24, 2.45) is 0 Å². The van der Waals surface area contributed by atoms with Gasteiger partial charge >= 0.3 is 5.97 Å². The van der Waals surface area contributed by atoms with E-state index in [0.29, 0.717) is 19.1 Å². The number of esters is 1. The molecule has 0 spiro atoms. The number of rotatable bonds is 6. The quantitative estimate of drug-likeness (QED) is 0.531. The molecule has 0 amide bonds. The van der Waals surface area contributed by atoms with Crippen LogP contribution < -0.4 is 5.32 Å². The Morgan fingerprint density at radius 3 is 2.69 bits per heavy atom. The van der Waals surface area contributed by atoms with Gasteiger partial charge in [0.25, 0.3) is 0 Å². The zero-order chi connectivity index (χ0) is 11.8. The molecule has 0 atom stereocenters. The summed E-state index contributed by atoms with van der Waals surface area (Å²) in [4.78, 5) is 11.1. The number of hydrogen-bond acceptors (Lipinski definition) is 4. The minimum Gasteiger partial charge on any atom is -0.466 e. The Hall–Kier alpha value is -0.610. The maximum absolute atomic E-state index is 11.1.